The lowest BCUT2D eigenvalue weighted by molar-refractivity contribution is 0.0774. The quantitative estimate of drug-likeness (QED) is 0.728. The van der Waals surface area contributed by atoms with E-state index in [9.17, 15) is 4.79 Å². The molecule has 0 saturated heterocycles. The minimum atomic E-state index is -0.174. The molecule has 0 unspecified atom stereocenters. The Morgan fingerprint density at radius 2 is 2.00 bits per heavy atom. The summed E-state index contributed by atoms with van der Waals surface area (Å²) in [5.74, 6) is 0. The Morgan fingerprint density at radius 3 is 2.62 bits per heavy atom. The molecule has 2 aromatic rings. The second-order valence-corrected chi connectivity index (χ2v) is 5.83. The summed E-state index contributed by atoms with van der Waals surface area (Å²) in [7, 11) is 0. The number of rotatable bonds is 8. The van der Waals surface area contributed by atoms with Gasteiger partial charge in [0.15, 0.2) is 0 Å². The molecule has 1 aromatic carbocycles. The summed E-state index contributed by atoms with van der Waals surface area (Å²) < 4.78 is 7.12. The van der Waals surface area contributed by atoms with Crippen LogP contribution in [0.1, 0.15) is 38.8 Å². The molecule has 0 bridgehead atoms. The third-order valence-corrected chi connectivity index (χ3v) is 3.48. The summed E-state index contributed by atoms with van der Waals surface area (Å²) in [6.45, 7) is 7.19. The number of ether oxygens (including phenoxy) is 1. The molecule has 24 heavy (non-hydrogen) atoms. The molecule has 1 aromatic heterocycles. The lowest BCUT2D eigenvalue weighted by Crippen LogP contribution is -2.37. The van der Waals surface area contributed by atoms with Crippen LogP contribution in [-0.4, -0.2) is 40.1 Å². The van der Waals surface area contributed by atoms with Gasteiger partial charge in [0.05, 0.1) is 17.8 Å². The van der Waals surface area contributed by atoms with Crippen molar-refractivity contribution in [3.05, 3.63) is 42.5 Å². The lowest BCUT2D eigenvalue weighted by Gasteiger charge is -2.15. The van der Waals surface area contributed by atoms with E-state index >= 15 is 0 Å². The SMILES string of the molecule is CC(C)OCCCNC(=O)N[C@@H](C)c1ccc(-n2cncn2)cc1. The zero-order chi connectivity index (χ0) is 17.4. The number of hydrogen-bond acceptors (Lipinski definition) is 4. The molecule has 7 heteroatoms. The van der Waals surface area contributed by atoms with Crippen LogP contribution in [-0.2, 0) is 4.74 Å². The fourth-order valence-electron chi connectivity index (χ4n) is 2.18. The minimum absolute atomic E-state index is 0.0817. The molecule has 0 saturated carbocycles. The first kappa shape index (κ1) is 17.9. The lowest BCUT2D eigenvalue weighted by atomic mass is 10.1. The number of hydrogen-bond donors (Lipinski definition) is 2. The van der Waals surface area contributed by atoms with Crippen molar-refractivity contribution in [1.82, 2.24) is 25.4 Å². The van der Waals surface area contributed by atoms with Crippen molar-refractivity contribution in [3.8, 4) is 5.69 Å². The normalized spacial score (nSPS) is 12.2. The van der Waals surface area contributed by atoms with E-state index in [1.807, 2.05) is 45.0 Å². The van der Waals surface area contributed by atoms with E-state index in [0.29, 0.717) is 13.2 Å². The maximum Gasteiger partial charge on any atom is 0.315 e. The first-order valence-corrected chi connectivity index (χ1v) is 8.17. The Labute approximate surface area is 142 Å². The third kappa shape index (κ3) is 5.66. The Hall–Kier alpha value is -2.41. The van der Waals surface area contributed by atoms with Crippen LogP contribution in [0.5, 0.6) is 0 Å². The van der Waals surface area contributed by atoms with Crippen LogP contribution in [0.3, 0.4) is 0 Å². The molecule has 0 aliphatic carbocycles. The minimum Gasteiger partial charge on any atom is -0.379 e. The maximum atomic E-state index is 11.9. The summed E-state index contributed by atoms with van der Waals surface area (Å²) in [5.41, 5.74) is 1.95. The molecule has 0 spiro atoms. The average molecular weight is 331 g/mol. The molecular formula is C17H25N5O2. The van der Waals surface area contributed by atoms with Crippen molar-refractivity contribution in [1.29, 1.82) is 0 Å². The van der Waals surface area contributed by atoms with Gasteiger partial charge in [-0.05, 0) is 44.9 Å². The predicted octanol–water partition coefficient (Wildman–Crippen LogP) is 2.44. The number of carbonyl (C=O) groups excluding carboxylic acids is 1. The van der Waals surface area contributed by atoms with Crippen molar-refractivity contribution >= 4 is 6.03 Å². The van der Waals surface area contributed by atoms with E-state index in [1.54, 1.807) is 11.0 Å². The van der Waals surface area contributed by atoms with Crippen LogP contribution in [0, 0.1) is 0 Å². The highest BCUT2D eigenvalue weighted by Gasteiger charge is 2.09. The molecule has 2 amide bonds. The Kier molecular flexibility index (Phi) is 6.74. The molecule has 130 valence electrons. The van der Waals surface area contributed by atoms with Crippen LogP contribution in [0.4, 0.5) is 4.79 Å². The van der Waals surface area contributed by atoms with Gasteiger partial charge in [-0.15, -0.1) is 0 Å². The molecule has 0 fully saturated rings. The van der Waals surface area contributed by atoms with Crippen LogP contribution in [0.25, 0.3) is 5.69 Å². The van der Waals surface area contributed by atoms with E-state index in [1.165, 1.54) is 6.33 Å². The second-order valence-electron chi connectivity index (χ2n) is 5.83. The Morgan fingerprint density at radius 1 is 1.25 bits per heavy atom. The highest BCUT2D eigenvalue weighted by atomic mass is 16.5. The fourth-order valence-corrected chi connectivity index (χ4v) is 2.18. The van der Waals surface area contributed by atoms with E-state index in [0.717, 1.165) is 17.7 Å². The van der Waals surface area contributed by atoms with Gasteiger partial charge in [-0.25, -0.2) is 14.5 Å². The summed E-state index contributed by atoms with van der Waals surface area (Å²) in [5, 5.41) is 9.85. The van der Waals surface area contributed by atoms with E-state index in [2.05, 4.69) is 20.7 Å². The van der Waals surface area contributed by atoms with Gasteiger partial charge in [0, 0.05) is 13.2 Å². The topological polar surface area (TPSA) is 81.1 Å². The maximum absolute atomic E-state index is 11.9. The number of carbonyl (C=O) groups is 1. The van der Waals surface area contributed by atoms with Gasteiger partial charge in [-0.2, -0.15) is 5.10 Å². The summed E-state index contributed by atoms with van der Waals surface area (Å²) >= 11 is 0. The van der Waals surface area contributed by atoms with Gasteiger partial charge in [0.2, 0.25) is 0 Å². The predicted molar refractivity (Wildman–Crippen MR) is 92.0 cm³/mol. The van der Waals surface area contributed by atoms with Crippen molar-refractivity contribution in [3.63, 3.8) is 0 Å². The van der Waals surface area contributed by atoms with Gasteiger partial charge in [0.1, 0.15) is 12.7 Å². The van der Waals surface area contributed by atoms with Gasteiger partial charge in [-0.3, -0.25) is 0 Å². The van der Waals surface area contributed by atoms with E-state index < -0.39 is 0 Å². The standard InChI is InChI=1S/C17H25N5O2/c1-13(2)24-10-4-9-19-17(23)21-14(3)15-5-7-16(8-6-15)22-12-18-11-20-22/h5-8,11-14H,4,9-10H2,1-3H3,(H2,19,21,23)/t14-/m0/s1. The second kappa shape index (κ2) is 9.02. The van der Waals surface area contributed by atoms with Crippen LogP contribution in [0.15, 0.2) is 36.9 Å². The number of benzene rings is 1. The molecule has 0 aliphatic heterocycles. The first-order chi connectivity index (χ1) is 11.6. The first-order valence-electron chi connectivity index (χ1n) is 8.17. The highest BCUT2D eigenvalue weighted by Crippen LogP contribution is 2.14. The zero-order valence-corrected chi connectivity index (χ0v) is 14.4. The van der Waals surface area contributed by atoms with Crippen molar-refractivity contribution in [2.45, 2.75) is 39.3 Å². The van der Waals surface area contributed by atoms with E-state index in [4.69, 9.17) is 4.74 Å². The highest BCUT2D eigenvalue weighted by molar-refractivity contribution is 5.74. The molecule has 2 rings (SSSR count). The van der Waals surface area contributed by atoms with Crippen LogP contribution < -0.4 is 10.6 Å². The van der Waals surface area contributed by atoms with Gasteiger partial charge < -0.3 is 15.4 Å². The van der Waals surface area contributed by atoms with Crippen molar-refractivity contribution < 1.29 is 9.53 Å². The Bertz CT molecular complexity index is 610. The van der Waals surface area contributed by atoms with Crippen molar-refractivity contribution in [2.24, 2.45) is 0 Å². The summed E-state index contributed by atoms with van der Waals surface area (Å²) in [6.07, 6.45) is 4.16. The molecule has 2 N–H and O–H groups in total. The number of nitrogens with one attached hydrogen (secondary N) is 2. The summed E-state index contributed by atoms with van der Waals surface area (Å²) in [4.78, 5) is 15.8. The number of urea groups is 1. The number of amides is 2. The van der Waals surface area contributed by atoms with Gasteiger partial charge in [-0.1, -0.05) is 12.1 Å². The molecule has 1 atom stereocenters. The molecule has 1 heterocycles. The Balaban J connectivity index is 1.75. The largest absolute Gasteiger partial charge is 0.379 e. The molecule has 0 radical (unpaired) electrons. The van der Waals surface area contributed by atoms with Crippen LogP contribution in [0.2, 0.25) is 0 Å². The van der Waals surface area contributed by atoms with Gasteiger partial charge in [0.25, 0.3) is 0 Å². The fraction of sp³-hybridized carbons (Fsp3) is 0.471. The van der Waals surface area contributed by atoms with Crippen molar-refractivity contribution in [2.75, 3.05) is 13.2 Å². The average Bonchev–Trinajstić information content (AvgIpc) is 3.09. The monoisotopic (exact) mass is 331 g/mol. The van der Waals surface area contributed by atoms with Gasteiger partial charge >= 0.3 is 6.03 Å². The number of nitrogens with zero attached hydrogens (tertiary/aromatic N) is 3. The summed E-state index contributed by atoms with van der Waals surface area (Å²) in [6, 6.07) is 7.58. The smallest absolute Gasteiger partial charge is 0.315 e. The van der Waals surface area contributed by atoms with E-state index in [-0.39, 0.29) is 18.2 Å². The van der Waals surface area contributed by atoms with Crippen LogP contribution >= 0.6 is 0 Å². The molecule has 0 aliphatic rings. The zero-order valence-electron chi connectivity index (χ0n) is 14.4. The molecule has 7 nitrogen and oxygen atoms in total. The number of aromatic nitrogens is 3. The third-order valence-electron chi connectivity index (χ3n) is 3.48. The molecular weight excluding hydrogens is 306 g/mol.